The maximum atomic E-state index is 5.84. The van der Waals surface area contributed by atoms with E-state index >= 15 is 0 Å². The molecule has 1 aromatic rings. The van der Waals surface area contributed by atoms with Crippen LogP contribution in [0.5, 0.6) is 5.75 Å². The Morgan fingerprint density at radius 3 is 2.32 bits per heavy atom. The number of ether oxygens (including phenoxy) is 4. The molecule has 0 N–H and O–H groups in total. The monoisotopic (exact) mass is 466 g/mol. The van der Waals surface area contributed by atoms with E-state index in [2.05, 4.69) is 70.0 Å². The van der Waals surface area contributed by atoms with Gasteiger partial charge in [0, 0.05) is 0 Å². The number of allylic oxidation sites excluding steroid dienone is 3. The molecule has 0 aromatic heterocycles. The summed E-state index contributed by atoms with van der Waals surface area (Å²) in [7, 11) is 0. The SMILES string of the molecule is C#C.C/C=C(\C=C/CC1CC(C(C)(C)c2ccc(OCC3CO3)cc2)CCC1C)OCC1CO1. The third kappa shape index (κ3) is 7.65. The Bertz CT molecular complexity index is 827. The van der Waals surface area contributed by atoms with Crippen LogP contribution in [0.2, 0.25) is 0 Å². The summed E-state index contributed by atoms with van der Waals surface area (Å²) in [5.41, 5.74) is 1.57. The van der Waals surface area contributed by atoms with Gasteiger partial charge in [-0.3, -0.25) is 0 Å². The van der Waals surface area contributed by atoms with Crippen molar-refractivity contribution in [2.75, 3.05) is 26.4 Å². The molecule has 1 saturated carbocycles. The van der Waals surface area contributed by atoms with E-state index < -0.39 is 0 Å². The summed E-state index contributed by atoms with van der Waals surface area (Å²) in [5.74, 6) is 4.07. The van der Waals surface area contributed by atoms with E-state index in [1.54, 1.807) is 0 Å². The van der Waals surface area contributed by atoms with Gasteiger partial charge in [-0.25, -0.2) is 0 Å². The molecule has 4 nitrogen and oxygen atoms in total. The number of rotatable bonds is 11. The maximum absolute atomic E-state index is 5.84. The molecule has 34 heavy (non-hydrogen) atoms. The fourth-order valence-corrected chi connectivity index (χ4v) is 4.91. The Morgan fingerprint density at radius 2 is 1.71 bits per heavy atom. The summed E-state index contributed by atoms with van der Waals surface area (Å²) in [4.78, 5) is 0. The van der Waals surface area contributed by atoms with E-state index in [0.29, 0.717) is 31.3 Å². The van der Waals surface area contributed by atoms with Crippen molar-refractivity contribution < 1.29 is 18.9 Å². The number of hydrogen-bond acceptors (Lipinski definition) is 4. The standard InChI is InChI=1S/C28H40O4.C2H2/c1-5-24(29-16-26-18-31-26)8-6-7-21-15-23(10-9-20(21)2)28(3,4)22-11-13-25(14-12-22)30-17-27-19-32-27;1-2/h5-6,8,11-14,20-21,23,26-27H,7,9-10,15-19H2,1-4H3;1-2H/b8-6-,24-5+;. The minimum absolute atomic E-state index is 0.155. The fraction of sp³-hybridized carbons (Fsp3) is 0.600. The molecule has 0 bridgehead atoms. The van der Waals surface area contributed by atoms with Gasteiger partial charge >= 0.3 is 0 Å². The molecule has 2 heterocycles. The molecule has 2 aliphatic heterocycles. The number of terminal acetylenes is 1. The van der Waals surface area contributed by atoms with Crippen LogP contribution >= 0.6 is 0 Å². The minimum atomic E-state index is 0.155. The highest BCUT2D eigenvalue weighted by Gasteiger charge is 2.37. The third-order valence-electron chi connectivity index (χ3n) is 7.66. The van der Waals surface area contributed by atoms with E-state index in [-0.39, 0.29) is 5.41 Å². The van der Waals surface area contributed by atoms with Gasteiger partial charge in [-0.2, -0.15) is 0 Å². The predicted molar refractivity (Wildman–Crippen MR) is 138 cm³/mol. The van der Waals surface area contributed by atoms with Crippen LogP contribution in [0.25, 0.3) is 0 Å². The lowest BCUT2D eigenvalue weighted by atomic mass is 9.62. The first kappa shape index (κ1) is 26.4. The molecule has 4 heteroatoms. The molecule has 186 valence electrons. The second-order valence-electron chi connectivity index (χ2n) is 10.4. The third-order valence-corrected chi connectivity index (χ3v) is 7.66. The molecule has 5 unspecified atom stereocenters. The average molecular weight is 467 g/mol. The average Bonchev–Trinajstić information content (AvgIpc) is 3.78. The summed E-state index contributed by atoms with van der Waals surface area (Å²) in [6.07, 6.45) is 20.1. The molecule has 3 aliphatic rings. The summed E-state index contributed by atoms with van der Waals surface area (Å²) in [5, 5.41) is 0. The first-order valence-electron chi connectivity index (χ1n) is 12.7. The van der Waals surface area contributed by atoms with Crippen LogP contribution in [0.15, 0.2) is 48.3 Å². The first-order chi connectivity index (χ1) is 16.5. The van der Waals surface area contributed by atoms with Crippen molar-refractivity contribution >= 4 is 0 Å². The predicted octanol–water partition coefficient (Wildman–Crippen LogP) is 6.31. The van der Waals surface area contributed by atoms with Gasteiger partial charge in [0.25, 0.3) is 0 Å². The molecule has 2 saturated heterocycles. The van der Waals surface area contributed by atoms with Crippen molar-refractivity contribution in [1.82, 2.24) is 0 Å². The van der Waals surface area contributed by atoms with Gasteiger partial charge in [-0.1, -0.05) is 45.4 Å². The zero-order valence-corrected chi connectivity index (χ0v) is 21.4. The van der Waals surface area contributed by atoms with Gasteiger partial charge < -0.3 is 18.9 Å². The largest absolute Gasteiger partial charge is 0.491 e. The highest BCUT2D eigenvalue weighted by Crippen LogP contribution is 2.45. The van der Waals surface area contributed by atoms with Crippen LogP contribution < -0.4 is 4.74 Å². The highest BCUT2D eigenvalue weighted by molar-refractivity contribution is 5.32. The van der Waals surface area contributed by atoms with Gasteiger partial charge in [0.1, 0.15) is 36.9 Å². The maximum Gasteiger partial charge on any atom is 0.119 e. The van der Waals surface area contributed by atoms with E-state index in [4.69, 9.17) is 18.9 Å². The smallest absolute Gasteiger partial charge is 0.119 e. The zero-order valence-electron chi connectivity index (χ0n) is 21.4. The lowest BCUT2D eigenvalue weighted by molar-refractivity contribution is 0.139. The van der Waals surface area contributed by atoms with E-state index in [1.165, 1.54) is 24.8 Å². The second-order valence-corrected chi connectivity index (χ2v) is 10.4. The van der Waals surface area contributed by atoms with E-state index in [0.717, 1.165) is 43.0 Å². The van der Waals surface area contributed by atoms with Gasteiger partial charge in [0.05, 0.1) is 13.2 Å². The van der Waals surface area contributed by atoms with Crippen LogP contribution in [0.4, 0.5) is 0 Å². The molecule has 1 aliphatic carbocycles. The zero-order chi connectivity index (χ0) is 24.6. The molecule has 1 aromatic carbocycles. The van der Waals surface area contributed by atoms with Crippen LogP contribution in [0.1, 0.15) is 58.9 Å². The Balaban J connectivity index is 0.00000158. The molecule has 0 spiro atoms. The fourth-order valence-electron chi connectivity index (χ4n) is 4.91. The molecule has 5 atom stereocenters. The normalized spacial score (nSPS) is 28.6. The Hall–Kier alpha value is -2.22. The number of benzene rings is 1. The van der Waals surface area contributed by atoms with Gasteiger partial charge in [0.2, 0.25) is 0 Å². The lowest BCUT2D eigenvalue weighted by Crippen LogP contribution is -2.35. The second kappa shape index (κ2) is 12.5. The summed E-state index contributed by atoms with van der Waals surface area (Å²) in [6, 6.07) is 8.76. The highest BCUT2D eigenvalue weighted by atomic mass is 16.6. The van der Waals surface area contributed by atoms with Crippen LogP contribution in [-0.4, -0.2) is 38.6 Å². The van der Waals surface area contributed by atoms with E-state index in [9.17, 15) is 0 Å². The quantitative estimate of drug-likeness (QED) is 0.166. The van der Waals surface area contributed by atoms with Gasteiger partial charge in [-0.15, -0.1) is 12.8 Å². The van der Waals surface area contributed by atoms with Crippen LogP contribution in [0.3, 0.4) is 0 Å². The topological polar surface area (TPSA) is 43.5 Å². The molecular weight excluding hydrogens is 424 g/mol. The van der Waals surface area contributed by atoms with Crippen molar-refractivity contribution in [2.24, 2.45) is 17.8 Å². The molecule has 0 radical (unpaired) electrons. The molecule has 0 amide bonds. The van der Waals surface area contributed by atoms with Crippen LogP contribution in [0, 0.1) is 30.6 Å². The summed E-state index contributed by atoms with van der Waals surface area (Å²) in [6.45, 7) is 12.3. The Kier molecular flexibility index (Phi) is 9.68. The van der Waals surface area contributed by atoms with E-state index in [1.807, 2.05) is 13.0 Å². The van der Waals surface area contributed by atoms with Crippen molar-refractivity contribution in [1.29, 1.82) is 0 Å². The van der Waals surface area contributed by atoms with Crippen molar-refractivity contribution in [3.8, 4) is 18.6 Å². The lowest BCUT2D eigenvalue weighted by Gasteiger charge is -2.43. The number of epoxide rings is 2. The number of hydrogen-bond donors (Lipinski definition) is 0. The summed E-state index contributed by atoms with van der Waals surface area (Å²) >= 11 is 0. The van der Waals surface area contributed by atoms with Crippen molar-refractivity contribution in [2.45, 2.75) is 71.0 Å². The van der Waals surface area contributed by atoms with Gasteiger partial charge in [0.15, 0.2) is 0 Å². The van der Waals surface area contributed by atoms with Crippen LogP contribution in [-0.2, 0) is 19.6 Å². The molecule has 3 fully saturated rings. The molecular formula is C30H42O4. The van der Waals surface area contributed by atoms with Crippen molar-refractivity contribution in [3.05, 3.63) is 53.8 Å². The Labute approximate surface area is 206 Å². The summed E-state index contributed by atoms with van der Waals surface area (Å²) < 4.78 is 22.1. The van der Waals surface area contributed by atoms with Crippen molar-refractivity contribution in [3.63, 3.8) is 0 Å². The first-order valence-corrected chi connectivity index (χ1v) is 12.7. The Morgan fingerprint density at radius 1 is 1.06 bits per heavy atom. The van der Waals surface area contributed by atoms with Gasteiger partial charge in [-0.05, 0) is 79.2 Å². The minimum Gasteiger partial charge on any atom is -0.491 e. The molecule has 4 rings (SSSR count).